The molecule has 6 heteroatoms. The van der Waals surface area contributed by atoms with Crippen LogP contribution in [0.1, 0.15) is 10.5 Å². The van der Waals surface area contributed by atoms with Crippen LogP contribution in [0, 0.1) is 0 Å². The third-order valence-corrected chi connectivity index (χ3v) is 2.78. The Hall–Kier alpha value is -1.33. The number of hydrogen-bond donors (Lipinski definition) is 1. The van der Waals surface area contributed by atoms with Crippen LogP contribution < -0.4 is 5.73 Å². The van der Waals surface area contributed by atoms with Crippen LogP contribution in [0.3, 0.4) is 0 Å². The van der Waals surface area contributed by atoms with E-state index in [2.05, 4.69) is 16.9 Å². The fraction of sp³-hybridized carbons (Fsp3) is 0.455. The fourth-order valence-corrected chi connectivity index (χ4v) is 1.74. The highest BCUT2D eigenvalue weighted by atomic mass is 35.5. The van der Waals surface area contributed by atoms with Crippen molar-refractivity contribution in [1.29, 1.82) is 0 Å². The van der Waals surface area contributed by atoms with Gasteiger partial charge in [-0.2, -0.15) is 0 Å². The van der Waals surface area contributed by atoms with E-state index in [1.54, 1.807) is 18.2 Å². The van der Waals surface area contributed by atoms with Crippen LogP contribution in [0.25, 0.3) is 0 Å². The highest BCUT2D eigenvalue weighted by Gasteiger charge is 2.21. The second-order valence-corrected chi connectivity index (χ2v) is 4.04. The molecule has 1 aliphatic rings. The lowest BCUT2D eigenvalue weighted by atomic mass is 10.2. The van der Waals surface area contributed by atoms with Gasteiger partial charge in [0, 0.05) is 26.2 Å². The molecular weight excluding hydrogens is 240 g/mol. The SMILES string of the molecule is CN1CCN(C(=O)c2cccc(N)n2)CC1.Cl. The van der Waals surface area contributed by atoms with Gasteiger partial charge in [-0.15, -0.1) is 12.4 Å². The molecule has 1 aromatic rings. The summed E-state index contributed by atoms with van der Waals surface area (Å²) < 4.78 is 0. The molecule has 0 saturated carbocycles. The number of carbonyl (C=O) groups excluding carboxylic acids is 1. The molecule has 0 aromatic carbocycles. The number of pyridine rings is 1. The fourth-order valence-electron chi connectivity index (χ4n) is 1.74. The summed E-state index contributed by atoms with van der Waals surface area (Å²) in [5, 5.41) is 0. The number of amides is 1. The van der Waals surface area contributed by atoms with E-state index >= 15 is 0 Å². The number of nitrogens with zero attached hydrogens (tertiary/aromatic N) is 3. The Balaban J connectivity index is 0.00000144. The van der Waals surface area contributed by atoms with Crippen LogP contribution in [0.5, 0.6) is 0 Å². The number of nitrogen functional groups attached to an aromatic ring is 1. The summed E-state index contributed by atoms with van der Waals surface area (Å²) in [7, 11) is 2.06. The van der Waals surface area contributed by atoms with Gasteiger partial charge in [0.1, 0.15) is 11.5 Å². The standard InChI is InChI=1S/C11H16N4O.ClH/c1-14-5-7-15(8-6-14)11(16)9-3-2-4-10(12)13-9;/h2-4H,5-8H2,1H3,(H2,12,13);1H. The monoisotopic (exact) mass is 256 g/mol. The lowest BCUT2D eigenvalue weighted by Gasteiger charge is -2.32. The predicted octanol–water partition coefficient (Wildman–Crippen LogP) is 0.473. The van der Waals surface area contributed by atoms with Gasteiger partial charge in [-0.1, -0.05) is 6.07 Å². The van der Waals surface area contributed by atoms with Crippen molar-refractivity contribution in [3.63, 3.8) is 0 Å². The summed E-state index contributed by atoms with van der Waals surface area (Å²) in [6, 6.07) is 5.14. The molecule has 0 spiro atoms. The summed E-state index contributed by atoms with van der Waals surface area (Å²) in [4.78, 5) is 20.1. The van der Waals surface area contributed by atoms with Crippen molar-refractivity contribution >= 4 is 24.1 Å². The summed E-state index contributed by atoms with van der Waals surface area (Å²) >= 11 is 0. The van der Waals surface area contributed by atoms with E-state index in [0.717, 1.165) is 26.2 Å². The molecule has 0 atom stereocenters. The summed E-state index contributed by atoms with van der Waals surface area (Å²) in [6.45, 7) is 3.33. The maximum atomic E-state index is 12.0. The van der Waals surface area contributed by atoms with Crippen molar-refractivity contribution in [2.45, 2.75) is 0 Å². The molecule has 94 valence electrons. The first-order valence-corrected chi connectivity index (χ1v) is 5.37. The van der Waals surface area contributed by atoms with E-state index in [1.165, 1.54) is 0 Å². The van der Waals surface area contributed by atoms with Crippen LogP contribution in [-0.4, -0.2) is 53.9 Å². The van der Waals surface area contributed by atoms with Crippen LogP contribution in [0.15, 0.2) is 18.2 Å². The van der Waals surface area contributed by atoms with E-state index in [9.17, 15) is 4.79 Å². The second-order valence-electron chi connectivity index (χ2n) is 4.04. The van der Waals surface area contributed by atoms with Crippen molar-refractivity contribution in [3.05, 3.63) is 23.9 Å². The van der Waals surface area contributed by atoms with Crippen LogP contribution in [0.2, 0.25) is 0 Å². The molecule has 2 heterocycles. The first-order chi connectivity index (χ1) is 7.66. The molecule has 0 unspecified atom stereocenters. The molecule has 2 rings (SSSR count). The van der Waals surface area contributed by atoms with Gasteiger partial charge in [0.25, 0.3) is 5.91 Å². The molecule has 17 heavy (non-hydrogen) atoms. The molecule has 1 amide bonds. The Bertz CT molecular complexity index is 391. The molecular formula is C11H17ClN4O. The van der Waals surface area contributed by atoms with Crippen LogP contribution in [0.4, 0.5) is 5.82 Å². The van der Waals surface area contributed by atoms with Crippen molar-refractivity contribution in [2.75, 3.05) is 39.0 Å². The van der Waals surface area contributed by atoms with Crippen LogP contribution >= 0.6 is 12.4 Å². The summed E-state index contributed by atoms with van der Waals surface area (Å²) in [5.74, 6) is 0.361. The Morgan fingerprint density at radius 2 is 1.94 bits per heavy atom. The quantitative estimate of drug-likeness (QED) is 0.794. The lowest BCUT2D eigenvalue weighted by molar-refractivity contribution is 0.0658. The highest BCUT2D eigenvalue weighted by Crippen LogP contribution is 2.07. The van der Waals surface area contributed by atoms with Crippen molar-refractivity contribution < 1.29 is 4.79 Å². The van der Waals surface area contributed by atoms with Gasteiger partial charge < -0.3 is 15.5 Å². The lowest BCUT2D eigenvalue weighted by Crippen LogP contribution is -2.47. The largest absolute Gasteiger partial charge is 0.384 e. The third kappa shape index (κ3) is 3.31. The van der Waals surface area contributed by atoms with E-state index in [4.69, 9.17) is 5.73 Å². The Kier molecular flexibility index (Phi) is 4.72. The zero-order chi connectivity index (χ0) is 11.5. The number of rotatable bonds is 1. The first kappa shape index (κ1) is 13.7. The van der Waals surface area contributed by atoms with E-state index in [1.807, 2.05) is 4.90 Å². The van der Waals surface area contributed by atoms with Gasteiger partial charge in [-0.25, -0.2) is 4.98 Å². The summed E-state index contributed by atoms with van der Waals surface area (Å²) in [5.41, 5.74) is 5.99. The number of halogens is 1. The molecule has 1 aliphatic heterocycles. The van der Waals surface area contributed by atoms with Gasteiger partial charge in [0.2, 0.25) is 0 Å². The number of piperazine rings is 1. The van der Waals surface area contributed by atoms with Crippen molar-refractivity contribution in [2.24, 2.45) is 0 Å². The van der Waals surface area contributed by atoms with Gasteiger partial charge >= 0.3 is 0 Å². The van der Waals surface area contributed by atoms with E-state index in [0.29, 0.717) is 11.5 Å². The van der Waals surface area contributed by atoms with E-state index < -0.39 is 0 Å². The molecule has 0 radical (unpaired) electrons. The van der Waals surface area contributed by atoms with Crippen molar-refractivity contribution in [3.8, 4) is 0 Å². The number of carbonyl (C=O) groups is 1. The molecule has 1 aromatic heterocycles. The molecule has 0 aliphatic carbocycles. The number of likely N-dealkylation sites (N-methyl/N-ethyl adjacent to an activating group) is 1. The minimum atomic E-state index is -0.0274. The van der Waals surface area contributed by atoms with E-state index in [-0.39, 0.29) is 18.3 Å². The molecule has 1 fully saturated rings. The van der Waals surface area contributed by atoms with Gasteiger partial charge in [-0.3, -0.25) is 4.79 Å². The zero-order valence-corrected chi connectivity index (χ0v) is 10.6. The average Bonchev–Trinajstić information content (AvgIpc) is 2.29. The first-order valence-electron chi connectivity index (χ1n) is 5.37. The number of aromatic nitrogens is 1. The second kappa shape index (κ2) is 5.84. The topological polar surface area (TPSA) is 62.5 Å². The maximum absolute atomic E-state index is 12.0. The van der Waals surface area contributed by atoms with Gasteiger partial charge in [0.15, 0.2) is 0 Å². The summed E-state index contributed by atoms with van der Waals surface area (Å²) in [6.07, 6.45) is 0. The predicted molar refractivity (Wildman–Crippen MR) is 69.3 cm³/mol. The molecule has 1 saturated heterocycles. The minimum Gasteiger partial charge on any atom is -0.384 e. The smallest absolute Gasteiger partial charge is 0.272 e. The Morgan fingerprint density at radius 3 is 2.53 bits per heavy atom. The average molecular weight is 257 g/mol. The Morgan fingerprint density at radius 1 is 1.29 bits per heavy atom. The van der Waals surface area contributed by atoms with Crippen LogP contribution in [-0.2, 0) is 0 Å². The maximum Gasteiger partial charge on any atom is 0.272 e. The molecule has 0 bridgehead atoms. The van der Waals surface area contributed by atoms with Gasteiger partial charge in [0.05, 0.1) is 0 Å². The molecule has 5 nitrogen and oxygen atoms in total. The number of nitrogens with two attached hydrogens (primary N) is 1. The number of hydrogen-bond acceptors (Lipinski definition) is 4. The normalized spacial score (nSPS) is 16.4. The van der Waals surface area contributed by atoms with Crippen molar-refractivity contribution in [1.82, 2.24) is 14.8 Å². The minimum absolute atomic E-state index is 0. The highest BCUT2D eigenvalue weighted by molar-refractivity contribution is 5.92. The Labute approximate surface area is 107 Å². The third-order valence-electron chi connectivity index (χ3n) is 2.78. The number of anilines is 1. The molecule has 2 N–H and O–H groups in total. The zero-order valence-electron chi connectivity index (χ0n) is 9.80. The van der Waals surface area contributed by atoms with Gasteiger partial charge in [-0.05, 0) is 19.2 Å².